The van der Waals surface area contributed by atoms with Gasteiger partial charge in [0.2, 0.25) is 0 Å². The van der Waals surface area contributed by atoms with E-state index in [9.17, 15) is 0 Å². The van der Waals surface area contributed by atoms with Gasteiger partial charge in [-0.15, -0.1) is 0 Å². The average Bonchev–Trinajstić information content (AvgIpc) is 2.65. The molecule has 0 aliphatic carbocycles. The second kappa shape index (κ2) is 3.59. The van der Waals surface area contributed by atoms with Crippen LogP contribution in [0.5, 0.6) is 0 Å². The van der Waals surface area contributed by atoms with Crippen molar-refractivity contribution < 1.29 is 4.42 Å². The summed E-state index contributed by atoms with van der Waals surface area (Å²) in [7, 11) is 0. The minimum Gasteiger partial charge on any atom is -0.467 e. The Hall–Kier alpha value is -1.68. The molecule has 2 aromatic heterocycles. The fourth-order valence-corrected chi connectivity index (χ4v) is 1.31. The summed E-state index contributed by atoms with van der Waals surface area (Å²) in [6, 6.07) is 1.55. The van der Waals surface area contributed by atoms with E-state index in [2.05, 4.69) is 9.97 Å². The number of hydrogen-bond donors (Lipinski definition) is 1. The molecule has 14 heavy (non-hydrogen) atoms. The maximum atomic E-state index is 5.97. The molecular weight excluding hydrogens is 178 g/mol. The number of nitrogens with two attached hydrogens (primary N) is 1. The van der Waals surface area contributed by atoms with Crippen LogP contribution in [-0.2, 0) is 0 Å². The summed E-state index contributed by atoms with van der Waals surface area (Å²) in [5.74, 6) is 0.741. The first-order valence-corrected chi connectivity index (χ1v) is 4.34. The quantitative estimate of drug-likeness (QED) is 0.776. The van der Waals surface area contributed by atoms with E-state index in [1.54, 1.807) is 24.9 Å². The number of rotatable bonds is 2. The van der Waals surface area contributed by atoms with Crippen molar-refractivity contribution in [2.45, 2.75) is 13.0 Å². The highest BCUT2D eigenvalue weighted by molar-refractivity contribution is 5.24. The van der Waals surface area contributed by atoms with E-state index in [0.717, 1.165) is 11.3 Å². The molecule has 0 saturated heterocycles. The molecule has 0 amide bonds. The minimum absolute atomic E-state index is 0.335. The number of furan rings is 1. The Morgan fingerprint density at radius 1 is 1.43 bits per heavy atom. The molecule has 0 bridgehead atoms. The van der Waals surface area contributed by atoms with E-state index in [4.69, 9.17) is 10.2 Å². The fourth-order valence-electron chi connectivity index (χ4n) is 1.31. The third-order valence-corrected chi connectivity index (χ3v) is 2.09. The summed E-state index contributed by atoms with van der Waals surface area (Å²) < 4.78 is 5.29. The van der Waals surface area contributed by atoms with Crippen LogP contribution in [0, 0.1) is 6.92 Å². The number of hydrogen-bond acceptors (Lipinski definition) is 4. The van der Waals surface area contributed by atoms with Crippen molar-refractivity contribution in [1.29, 1.82) is 0 Å². The maximum absolute atomic E-state index is 5.97. The van der Waals surface area contributed by atoms with Gasteiger partial charge in [0, 0.05) is 12.4 Å². The van der Waals surface area contributed by atoms with E-state index in [1.165, 1.54) is 0 Å². The van der Waals surface area contributed by atoms with Crippen LogP contribution < -0.4 is 5.73 Å². The van der Waals surface area contributed by atoms with Crippen LogP contribution in [-0.4, -0.2) is 9.97 Å². The maximum Gasteiger partial charge on any atom is 0.129 e. The molecule has 2 aromatic rings. The van der Waals surface area contributed by atoms with Gasteiger partial charge in [0.1, 0.15) is 11.8 Å². The third-order valence-electron chi connectivity index (χ3n) is 2.09. The van der Waals surface area contributed by atoms with Crippen molar-refractivity contribution >= 4 is 0 Å². The first kappa shape index (κ1) is 8.90. The van der Waals surface area contributed by atoms with Gasteiger partial charge in [-0.3, -0.25) is 9.97 Å². The Kier molecular flexibility index (Phi) is 2.28. The van der Waals surface area contributed by atoms with E-state index in [1.807, 2.05) is 13.0 Å². The smallest absolute Gasteiger partial charge is 0.129 e. The summed E-state index contributed by atoms with van der Waals surface area (Å²) >= 11 is 0. The first-order valence-electron chi connectivity index (χ1n) is 4.34. The van der Waals surface area contributed by atoms with Gasteiger partial charge in [0.05, 0.1) is 18.2 Å². The van der Waals surface area contributed by atoms with Crippen LogP contribution in [0.3, 0.4) is 0 Å². The Morgan fingerprint density at radius 2 is 2.29 bits per heavy atom. The number of aromatic nitrogens is 2. The second-order valence-corrected chi connectivity index (χ2v) is 3.08. The summed E-state index contributed by atoms with van der Waals surface area (Å²) in [6.07, 6.45) is 6.51. The van der Waals surface area contributed by atoms with Crippen LogP contribution in [0.2, 0.25) is 0 Å². The molecule has 4 nitrogen and oxygen atoms in total. The zero-order valence-electron chi connectivity index (χ0n) is 7.84. The zero-order valence-corrected chi connectivity index (χ0v) is 7.84. The number of aryl methyl sites for hydroxylation is 1. The van der Waals surface area contributed by atoms with Crippen molar-refractivity contribution in [1.82, 2.24) is 9.97 Å². The Balaban J connectivity index is 2.34. The molecule has 0 fully saturated rings. The topological polar surface area (TPSA) is 64.9 Å². The molecule has 2 N–H and O–H groups in total. The lowest BCUT2D eigenvalue weighted by Crippen LogP contribution is -2.13. The van der Waals surface area contributed by atoms with Crippen LogP contribution in [0.4, 0.5) is 0 Å². The molecule has 0 spiro atoms. The van der Waals surface area contributed by atoms with Crippen molar-refractivity contribution in [2.75, 3.05) is 0 Å². The average molecular weight is 189 g/mol. The molecule has 0 aliphatic heterocycles. The predicted molar refractivity (Wildman–Crippen MR) is 51.5 cm³/mol. The van der Waals surface area contributed by atoms with Crippen molar-refractivity contribution in [3.8, 4) is 0 Å². The monoisotopic (exact) mass is 189 g/mol. The molecule has 1 unspecified atom stereocenters. The highest BCUT2D eigenvalue weighted by atomic mass is 16.3. The lowest BCUT2D eigenvalue weighted by molar-refractivity contribution is 0.483. The first-order chi connectivity index (χ1) is 6.79. The van der Waals surface area contributed by atoms with Gasteiger partial charge in [-0.25, -0.2) is 0 Å². The fraction of sp³-hybridized carbons (Fsp3) is 0.200. The van der Waals surface area contributed by atoms with E-state index < -0.39 is 0 Å². The second-order valence-electron chi connectivity index (χ2n) is 3.08. The van der Waals surface area contributed by atoms with Crippen LogP contribution >= 0.6 is 0 Å². The van der Waals surface area contributed by atoms with Gasteiger partial charge in [0.25, 0.3) is 0 Å². The van der Waals surface area contributed by atoms with E-state index in [0.29, 0.717) is 5.69 Å². The zero-order chi connectivity index (χ0) is 9.97. The summed E-state index contributed by atoms with van der Waals surface area (Å²) in [6.45, 7) is 1.95. The Morgan fingerprint density at radius 3 is 2.86 bits per heavy atom. The van der Waals surface area contributed by atoms with Crippen molar-refractivity contribution in [2.24, 2.45) is 5.73 Å². The Labute approximate surface area is 81.8 Å². The van der Waals surface area contributed by atoms with Crippen LogP contribution in [0.25, 0.3) is 0 Å². The van der Waals surface area contributed by atoms with Crippen molar-refractivity contribution in [3.63, 3.8) is 0 Å². The molecular formula is C10H11N3O. The molecule has 2 heterocycles. The lowest BCUT2D eigenvalue weighted by atomic mass is 10.1. The molecule has 72 valence electrons. The Bertz CT molecular complexity index is 410. The lowest BCUT2D eigenvalue weighted by Gasteiger charge is -2.07. The molecule has 2 rings (SSSR count). The van der Waals surface area contributed by atoms with Gasteiger partial charge in [-0.1, -0.05) is 0 Å². The normalized spacial score (nSPS) is 12.7. The molecule has 1 atom stereocenters. The minimum atomic E-state index is -0.335. The summed E-state index contributed by atoms with van der Waals surface area (Å²) in [5.41, 5.74) is 7.71. The highest BCUT2D eigenvalue weighted by Gasteiger charge is 2.15. The number of nitrogens with zero attached hydrogens (tertiary/aromatic N) is 2. The predicted octanol–water partition coefficient (Wildman–Crippen LogP) is 1.43. The van der Waals surface area contributed by atoms with Gasteiger partial charge >= 0.3 is 0 Å². The van der Waals surface area contributed by atoms with Gasteiger partial charge in [-0.05, 0) is 18.6 Å². The van der Waals surface area contributed by atoms with E-state index >= 15 is 0 Å². The van der Waals surface area contributed by atoms with Gasteiger partial charge in [0.15, 0.2) is 0 Å². The molecule has 0 saturated carbocycles. The molecule has 0 aliphatic rings. The molecule has 4 heteroatoms. The van der Waals surface area contributed by atoms with E-state index in [-0.39, 0.29) is 6.04 Å². The summed E-state index contributed by atoms with van der Waals surface area (Å²) in [5, 5.41) is 0. The highest BCUT2D eigenvalue weighted by Crippen LogP contribution is 2.20. The van der Waals surface area contributed by atoms with Crippen LogP contribution in [0.15, 0.2) is 35.3 Å². The third kappa shape index (κ3) is 1.52. The largest absolute Gasteiger partial charge is 0.467 e. The van der Waals surface area contributed by atoms with Crippen molar-refractivity contribution in [3.05, 3.63) is 47.9 Å². The summed E-state index contributed by atoms with van der Waals surface area (Å²) in [4.78, 5) is 8.09. The van der Waals surface area contributed by atoms with Gasteiger partial charge < -0.3 is 10.2 Å². The SMILES string of the molecule is Cc1ccoc1C(N)c1cnccn1. The molecule has 0 aromatic carbocycles. The standard InChI is InChI=1S/C10H11N3O/c1-7-2-5-14-10(7)9(11)8-6-12-3-4-13-8/h2-6,9H,11H2,1H3. The van der Waals surface area contributed by atoms with Gasteiger partial charge in [-0.2, -0.15) is 0 Å². The van der Waals surface area contributed by atoms with Crippen LogP contribution in [0.1, 0.15) is 23.1 Å². The molecule has 0 radical (unpaired) electrons.